The van der Waals surface area contributed by atoms with Crippen LogP contribution in [0.15, 0.2) is 182 Å². The number of aromatic nitrogens is 3. The van der Waals surface area contributed by atoms with Crippen molar-refractivity contribution in [2.24, 2.45) is 0 Å². The molecule has 9 rings (SSSR count). The molecule has 47 heavy (non-hydrogen) atoms. The quantitative estimate of drug-likeness (QED) is 0.197. The fraction of sp³-hybridized carbons (Fsp3) is 0.0233. The fourth-order valence-electron chi connectivity index (χ4n) is 7.39. The number of hydrogen-bond acceptors (Lipinski definition) is 3. The lowest BCUT2D eigenvalue weighted by Gasteiger charge is -2.46. The maximum Gasteiger partial charge on any atom is 0.178 e. The minimum absolute atomic E-state index is 0.486. The number of para-hydroxylation sites is 3. The predicted octanol–water partition coefficient (Wildman–Crippen LogP) is 10.3. The van der Waals surface area contributed by atoms with Crippen LogP contribution in [-0.4, -0.2) is 14.5 Å². The first-order chi connectivity index (χ1) is 23.3. The molecule has 3 heterocycles. The number of nitrogens with zero attached hydrogens (tertiary/aromatic N) is 4. The Balaban J connectivity index is 1.24. The van der Waals surface area contributed by atoms with E-state index in [4.69, 9.17) is 4.98 Å². The SMILES string of the molecule is c1ccc(-n2c(-c3ccc(N4c5ccccc5C(c5ccccc5)(c5ccccc5)c5ccccc54)cc3)nc3ncccc32)cc1. The number of hydrogen-bond donors (Lipinski definition) is 0. The van der Waals surface area contributed by atoms with Crippen LogP contribution in [-0.2, 0) is 5.41 Å². The summed E-state index contributed by atoms with van der Waals surface area (Å²) in [7, 11) is 0. The van der Waals surface area contributed by atoms with E-state index in [1.807, 2.05) is 12.1 Å². The first kappa shape index (κ1) is 27.1. The smallest absolute Gasteiger partial charge is 0.178 e. The minimum atomic E-state index is -0.486. The van der Waals surface area contributed by atoms with Gasteiger partial charge in [-0.15, -0.1) is 0 Å². The molecule has 0 saturated heterocycles. The van der Waals surface area contributed by atoms with Gasteiger partial charge in [-0.25, -0.2) is 9.97 Å². The first-order valence-electron chi connectivity index (χ1n) is 15.9. The molecule has 4 heteroatoms. The van der Waals surface area contributed by atoms with Gasteiger partial charge in [0.1, 0.15) is 5.82 Å². The Morgan fingerprint density at radius 1 is 0.447 bits per heavy atom. The van der Waals surface area contributed by atoms with Gasteiger partial charge >= 0.3 is 0 Å². The molecule has 0 radical (unpaired) electrons. The highest BCUT2D eigenvalue weighted by Gasteiger charge is 2.46. The standard InChI is InChI=1S/C43H30N4/c1-4-15-32(16-5-1)43(33-17-6-2-7-18-33)36-21-10-12-23-38(36)46(39-24-13-11-22-37(39)43)35-28-26-31(27-29-35)42-45-41-40(25-14-30-44-41)47(42)34-19-8-3-9-20-34/h1-30H. The third kappa shape index (κ3) is 4.15. The maximum atomic E-state index is 5.00. The average Bonchev–Trinajstić information content (AvgIpc) is 3.55. The zero-order chi connectivity index (χ0) is 31.2. The lowest BCUT2D eigenvalue weighted by atomic mass is 9.62. The van der Waals surface area contributed by atoms with Gasteiger partial charge in [0.05, 0.1) is 22.3 Å². The van der Waals surface area contributed by atoms with E-state index in [9.17, 15) is 0 Å². The molecular formula is C43H30N4. The van der Waals surface area contributed by atoms with Crippen molar-refractivity contribution >= 4 is 28.2 Å². The number of imidazole rings is 1. The molecule has 4 nitrogen and oxygen atoms in total. The van der Waals surface area contributed by atoms with Gasteiger partial charge in [0, 0.05) is 23.1 Å². The van der Waals surface area contributed by atoms with Crippen LogP contribution in [0, 0.1) is 0 Å². The molecule has 0 atom stereocenters. The van der Waals surface area contributed by atoms with E-state index >= 15 is 0 Å². The Labute approximate surface area is 273 Å². The summed E-state index contributed by atoms with van der Waals surface area (Å²) >= 11 is 0. The average molecular weight is 603 g/mol. The Morgan fingerprint density at radius 3 is 1.57 bits per heavy atom. The zero-order valence-corrected chi connectivity index (χ0v) is 25.6. The molecule has 0 saturated carbocycles. The minimum Gasteiger partial charge on any atom is -0.310 e. The van der Waals surface area contributed by atoms with Crippen molar-refractivity contribution in [1.29, 1.82) is 0 Å². The van der Waals surface area contributed by atoms with E-state index in [1.165, 1.54) is 22.3 Å². The number of benzene rings is 6. The molecule has 2 aromatic heterocycles. The van der Waals surface area contributed by atoms with E-state index < -0.39 is 5.41 Å². The highest BCUT2D eigenvalue weighted by atomic mass is 15.2. The Morgan fingerprint density at radius 2 is 0.979 bits per heavy atom. The molecule has 8 aromatic rings. The van der Waals surface area contributed by atoms with Crippen molar-refractivity contribution in [2.75, 3.05) is 4.90 Å². The number of pyridine rings is 1. The van der Waals surface area contributed by atoms with Crippen molar-refractivity contribution < 1.29 is 0 Å². The summed E-state index contributed by atoms with van der Waals surface area (Å²) in [5, 5.41) is 0. The maximum absolute atomic E-state index is 5.00. The van der Waals surface area contributed by atoms with Gasteiger partial charge in [-0.3, -0.25) is 4.57 Å². The van der Waals surface area contributed by atoms with Crippen LogP contribution >= 0.6 is 0 Å². The summed E-state index contributed by atoms with van der Waals surface area (Å²) in [6, 6.07) is 62.7. The van der Waals surface area contributed by atoms with Crippen LogP contribution in [0.4, 0.5) is 17.1 Å². The summed E-state index contributed by atoms with van der Waals surface area (Å²) in [5.74, 6) is 0.864. The van der Waals surface area contributed by atoms with Crippen molar-refractivity contribution in [1.82, 2.24) is 14.5 Å². The zero-order valence-electron chi connectivity index (χ0n) is 25.6. The molecule has 0 unspecified atom stereocenters. The van der Waals surface area contributed by atoms with Crippen molar-refractivity contribution in [3.8, 4) is 17.1 Å². The predicted molar refractivity (Wildman–Crippen MR) is 191 cm³/mol. The normalized spacial score (nSPS) is 13.2. The Bertz CT molecular complexity index is 2260. The molecule has 1 aliphatic rings. The third-order valence-electron chi connectivity index (χ3n) is 9.34. The second kappa shape index (κ2) is 11.0. The van der Waals surface area contributed by atoms with Crippen molar-refractivity contribution in [3.05, 3.63) is 204 Å². The van der Waals surface area contributed by atoms with E-state index in [1.54, 1.807) is 6.20 Å². The molecule has 0 N–H and O–H groups in total. The van der Waals surface area contributed by atoms with Crippen LogP contribution in [0.25, 0.3) is 28.2 Å². The molecule has 1 aliphatic heterocycles. The highest BCUT2D eigenvalue weighted by Crippen LogP contribution is 2.57. The summed E-state index contributed by atoms with van der Waals surface area (Å²) in [4.78, 5) is 12.0. The van der Waals surface area contributed by atoms with Crippen molar-refractivity contribution in [2.45, 2.75) is 5.41 Å². The van der Waals surface area contributed by atoms with E-state index in [-0.39, 0.29) is 0 Å². The third-order valence-corrected chi connectivity index (χ3v) is 9.34. The summed E-state index contributed by atoms with van der Waals surface area (Å²) < 4.78 is 2.19. The van der Waals surface area contributed by atoms with Crippen LogP contribution < -0.4 is 4.90 Å². The van der Waals surface area contributed by atoms with E-state index in [0.717, 1.165) is 45.3 Å². The topological polar surface area (TPSA) is 34.0 Å². The molecule has 0 aliphatic carbocycles. The molecule has 222 valence electrons. The van der Waals surface area contributed by atoms with Crippen LogP contribution in [0.5, 0.6) is 0 Å². The van der Waals surface area contributed by atoms with Gasteiger partial charge < -0.3 is 4.90 Å². The highest BCUT2D eigenvalue weighted by molar-refractivity contribution is 5.90. The van der Waals surface area contributed by atoms with Gasteiger partial charge in [0.2, 0.25) is 0 Å². The van der Waals surface area contributed by atoms with Crippen molar-refractivity contribution in [3.63, 3.8) is 0 Å². The summed E-state index contributed by atoms with van der Waals surface area (Å²) in [5.41, 5.74) is 11.7. The molecule has 6 aromatic carbocycles. The van der Waals surface area contributed by atoms with Gasteiger partial charge in [0.25, 0.3) is 0 Å². The monoisotopic (exact) mass is 602 g/mol. The van der Waals surface area contributed by atoms with Gasteiger partial charge in [-0.2, -0.15) is 0 Å². The van der Waals surface area contributed by atoms with E-state index in [2.05, 4.69) is 178 Å². The Kier molecular flexibility index (Phi) is 6.32. The van der Waals surface area contributed by atoms with E-state index in [0.29, 0.717) is 0 Å². The second-order valence-electron chi connectivity index (χ2n) is 11.9. The van der Waals surface area contributed by atoms with Gasteiger partial charge in [-0.05, 0) is 82.9 Å². The van der Waals surface area contributed by atoms with Crippen LogP contribution in [0.1, 0.15) is 22.3 Å². The summed E-state index contributed by atoms with van der Waals surface area (Å²) in [6.07, 6.45) is 1.80. The Hall–Kier alpha value is -6.26. The number of rotatable bonds is 5. The van der Waals surface area contributed by atoms with Crippen LogP contribution in [0.3, 0.4) is 0 Å². The van der Waals surface area contributed by atoms with Crippen LogP contribution in [0.2, 0.25) is 0 Å². The fourth-order valence-corrected chi connectivity index (χ4v) is 7.39. The molecular weight excluding hydrogens is 573 g/mol. The largest absolute Gasteiger partial charge is 0.310 e. The molecule has 0 fully saturated rings. The lowest BCUT2D eigenvalue weighted by Crippen LogP contribution is -2.37. The number of anilines is 3. The molecule has 0 amide bonds. The number of fused-ring (bicyclic) bond motifs is 3. The second-order valence-corrected chi connectivity index (χ2v) is 11.9. The van der Waals surface area contributed by atoms with Gasteiger partial charge in [0.15, 0.2) is 5.65 Å². The molecule has 0 bridgehead atoms. The van der Waals surface area contributed by atoms with Gasteiger partial charge in [-0.1, -0.05) is 115 Å². The molecule has 0 spiro atoms. The summed E-state index contributed by atoms with van der Waals surface area (Å²) in [6.45, 7) is 0. The lowest BCUT2D eigenvalue weighted by molar-refractivity contribution is 0.731. The first-order valence-corrected chi connectivity index (χ1v) is 15.9.